The van der Waals surface area contributed by atoms with Gasteiger partial charge in [0.1, 0.15) is 22.7 Å². The van der Waals surface area contributed by atoms with E-state index in [1.165, 1.54) is 238 Å². The van der Waals surface area contributed by atoms with Crippen LogP contribution >= 0.6 is 0 Å². The van der Waals surface area contributed by atoms with E-state index in [1.54, 1.807) is 11.1 Å². The summed E-state index contributed by atoms with van der Waals surface area (Å²) in [6, 6.07) is 87.7. The van der Waals surface area contributed by atoms with Crippen molar-refractivity contribution in [1.29, 1.82) is 0 Å². The lowest BCUT2D eigenvalue weighted by Gasteiger charge is -2.33. The largest absolute Gasteiger partial charge is 0.461 e. The number of aryl methyl sites for hydroxylation is 2. The number of ether oxygens (including phenoxy) is 1. The molecule has 6 aliphatic carbocycles. The smallest absolute Gasteiger partial charge is 0.143 e. The minimum atomic E-state index is -0.315. The average Bonchev–Trinajstić information content (AvgIpc) is 1.53. The van der Waals surface area contributed by atoms with Gasteiger partial charge in [0.2, 0.25) is 0 Å². The molecule has 12 aromatic carbocycles. The Kier molecular flexibility index (Phi) is 16.6. The van der Waals surface area contributed by atoms with Gasteiger partial charge in [-0.15, -0.1) is 0 Å². The summed E-state index contributed by atoms with van der Waals surface area (Å²) < 4.78 is 13.7. The Morgan fingerprint density at radius 1 is 0.393 bits per heavy atom. The van der Waals surface area contributed by atoms with Crippen LogP contribution in [0.3, 0.4) is 0 Å². The lowest BCUT2D eigenvalue weighted by molar-refractivity contribution is 0.399. The highest BCUT2D eigenvalue weighted by Gasteiger charge is 2.52. The molecule has 0 spiro atoms. The van der Waals surface area contributed by atoms with Crippen molar-refractivity contribution in [2.24, 2.45) is 0 Å². The number of allylic oxidation sites excluding steroid dienone is 5. The van der Waals surface area contributed by atoms with E-state index in [1.807, 2.05) is 0 Å². The highest BCUT2D eigenvalue weighted by molar-refractivity contribution is 6.19. The maximum Gasteiger partial charge on any atom is 0.143 e. The molecule has 2 nitrogen and oxygen atoms in total. The Morgan fingerprint density at radius 3 is 1.68 bits per heavy atom. The molecular weight excluding hydrogens is 1350 g/mol. The first-order chi connectivity index (χ1) is 54.2. The van der Waals surface area contributed by atoms with Crippen LogP contribution in [-0.4, -0.2) is 0 Å². The molecule has 0 N–H and O–H groups in total. The first-order valence-corrected chi connectivity index (χ1v) is 42.3. The molecule has 0 fully saturated rings. The first kappa shape index (κ1) is 70.6. The summed E-state index contributed by atoms with van der Waals surface area (Å²) >= 11 is 0. The molecule has 0 saturated heterocycles. The van der Waals surface area contributed by atoms with E-state index in [9.17, 15) is 0 Å². The summed E-state index contributed by atoms with van der Waals surface area (Å²) in [6.07, 6.45) is 23.4. The van der Waals surface area contributed by atoms with Crippen LogP contribution < -0.4 is 4.74 Å². The van der Waals surface area contributed by atoms with Crippen molar-refractivity contribution in [3.05, 3.63) is 337 Å². The minimum Gasteiger partial charge on any atom is -0.461 e. The second kappa shape index (κ2) is 26.3. The molecule has 0 bridgehead atoms. The van der Waals surface area contributed by atoms with E-state index < -0.39 is 0 Å². The number of fused-ring (bicyclic) bond motifs is 23. The molecule has 2 unspecified atom stereocenters. The van der Waals surface area contributed by atoms with Gasteiger partial charge in [-0.25, -0.2) is 0 Å². The van der Waals surface area contributed by atoms with Crippen molar-refractivity contribution in [2.75, 3.05) is 0 Å². The SMILES string of the molecule is CCCCCCCC1(CCCCCCC)c2ccccc2-c2ccc(-c3ccc4c(c3)C(C)(C)c3cc(-c5ccc(-c6cc7c(c8c6oc6ccccc68)-c6ccc(/C=C(/Cc8ccc9c(c8)C(C)(C)c8cc%10c(cc8-9)C(C)(C)C8=CC=C9Oc%11ccccc%11C9C8%10)c8ccc(C)cc8C)cc6C7(C)C)cc5)ccc3-4)cc21. The summed E-state index contributed by atoms with van der Waals surface area (Å²) in [6.45, 7) is 28.7. The number of hydrogen-bond donors (Lipinski definition) is 0. The molecular formula is C110H104O2. The van der Waals surface area contributed by atoms with Crippen LogP contribution in [0, 0.1) is 13.8 Å². The van der Waals surface area contributed by atoms with Gasteiger partial charge in [-0.2, -0.15) is 0 Å². The fraction of sp³-hybridized carbons (Fsp3) is 0.291. The second-order valence-corrected chi connectivity index (χ2v) is 36.6. The van der Waals surface area contributed by atoms with Crippen LogP contribution in [0.1, 0.15) is 247 Å². The van der Waals surface area contributed by atoms with Crippen molar-refractivity contribution < 1.29 is 9.15 Å². The molecule has 20 rings (SSSR count). The molecule has 556 valence electrons. The van der Waals surface area contributed by atoms with Crippen molar-refractivity contribution >= 4 is 33.6 Å². The van der Waals surface area contributed by atoms with Crippen molar-refractivity contribution in [3.63, 3.8) is 0 Å². The van der Waals surface area contributed by atoms with Crippen molar-refractivity contribution in [3.8, 4) is 83.6 Å². The normalized spacial score (nSPS) is 17.8. The molecule has 0 radical (unpaired) electrons. The highest BCUT2D eigenvalue weighted by atomic mass is 16.5. The average molecular weight is 1460 g/mol. The predicted molar refractivity (Wildman–Crippen MR) is 471 cm³/mol. The van der Waals surface area contributed by atoms with Gasteiger partial charge in [0.05, 0.1) is 5.92 Å². The van der Waals surface area contributed by atoms with Crippen LogP contribution in [-0.2, 0) is 33.5 Å². The fourth-order valence-electron chi connectivity index (χ4n) is 22.5. The quantitative estimate of drug-likeness (QED) is 0.0595. The number of benzene rings is 12. The molecule has 1 aliphatic heterocycles. The van der Waals surface area contributed by atoms with Gasteiger partial charge in [-0.05, 0) is 237 Å². The van der Waals surface area contributed by atoms with Crippen LogP contribution in [0.4, 0.5) is 0 Å². The third kappa shape index (κ3) is 10.8. The number of unbranched alkanes of at least 4 members (excludes halogenated alkanes) is 8. The van der Waals surface area contributed by atoms with Gasteiger partial charge in [-0.1, -0.05) is 339 Å². The summed E-state index contributed by atoms with van der Waals surface area (Å²) in [7, 11) is 0. The zero-order valence-electron chi connectivity index (χ0n) is 67.8. The third-order valence-electron chi connectivity index (χ3n) is 28.5. The number of para-hydroxylation sites is 2. The van der Waals surface area contributed by atoms with E-state index >= 15 is 0 Å². The molecule has 2 atom stereocenters. The van der Waals surface area contributed by atoms with E-state index in [4.69, 9.17) is 9.15 Å². The number of furan rings is 1. The zero-order valence-corrected chi connectivity index (χ0v) is 67.8. The highest BCUT2D eigenvalue weighted by Crippen LogP contribution is 2.65. The van der Waals surface area contributed by atoms with Gasteiger partial charge >= 0.3 is 0 Å². The van der Waals surface area contributed by atoms with Gasteiger partial charge in [0, 0.05) is 54.9 Å². The van der Waals surface area contributed by atoms with Crippen LogP contribution in [0.15, 0.2) is 252 Å². The summed E-state index contributed by atoms with van der Waals surface area (Å²) in [5.74, 6) is 2.51. The lowest BCUT2D eigenvalue weighted by atomic mass is 9.70. The number of rotatable bonds is 19. The Bertz CT molecular complexity index is 6180. The summed E-state index contributed by atoms with van der Waals surface area (Å²) in [5.41, 5.74) is 44.3. The van der Waals surface area contributed by atoms with Crippen molar-refractivity contribution in [2.45, 2.75) is 205 Å². The fourth-order valence-corrected chi connectivity index (χ4v) is 22.5. The monoisotopic (exact) mass is 1460 g/mol. The molecule has 0 saturated carbocycles. The Balaban J connectivity index is 0.601. The molecule has 112 heavy (non-hydrogen) atoms. The molecule has 1 aromatic heterocycles. The molecule has 2 heterocycles. The van der Waals surface area contributed by atoms with E-state index in [2.05, 4.69) is 326 Å². The second-order valence-electron chi connectivity index (χ2n) is 36.6. The summed E-state index contributed by atoms with van der Waals surface area (Å²) in [4.78, 5) is 0. The minimum absolute atomic E-state index is 0.0486. The van der Waals surface area contributed by atoms with Gasteiger partial charge in [0.25, 0.3) is 0 Å². The van der Waals surface area contributed by atoms with Gasteiger partial charge in [0.15, 0.2) is 0 Å². The standard InChI is InChI=1S/C110H104O2/c1-13-15-17-19-27-53-110(54-28-20-18-16-14-2)88-32-24-21-29-77(88)80-50-44-74(62-96(80)110)73-43-49-79-78-48-42-72(60-92(78)108(9,10)93(79)61-73)70-38-40-71(41-39-70)85-63-97-101(104-84-31-23-26-34-99(84)112-105(85)104)82-47-37-69(59-91(82)109(97,11)12)57-75(76-45-35-66(3)55-67(76)4)56-68-36-46-81-86-64-95-87(65-94(86)107(7,8)90(81)58-68)102-89(106(95,5)6)51-52-100-103(102)83-30-22-25-33-98(83)111-100/h21-26,29-52,55,57-65,102-103H,13-20,27-28,53-54,56H2,1-12H3/b75-57-. The predicted octanol–water partition coefficient (Wildman–Crippen LogP) is 30.3. The van der Waals surface area contributed by atoms with Crippen LogP contribution in [0.25, 0.3) is 111 Å². The maximum absolute atomic E-state index is 7.11. The van der Waals surface area contributed by atoms with Crippen LogP contribution in [0.2, 0.25) is 0 Å². The van der Waals surface area contributed by atoms with E-state index in [0.717, 1.165) is 45.6 Å². The van der Waals surface area contributed by atoms with E-state index in [0.29, 0.717) is 0 Å². The van der Waals surface area contributed by atoms with Crippen molar-refractivity contribution in [1.82, 2.24) is 0 Å². The third-order valence-corrected chi connectivity index (χ3v) is 28.5. The van der Waals surface area contributed by atoms with Crippen LogP contribution in [0.5, 0.6) is 5.75 Å². The Morgan fingerprint density at radius 2 is 0.955 bits per heavy atom. The molecule has 2 heteroatoms. The first-order valence-electron chi connectivity index (χ1n) is 42.3. The topological polar surface area (TPSA) is 22.4 Å². The molecule has 7 aliphatic rings. The summed E-state index contributed by atoms with van der Waals surface area (Å²) in [5, 5.41) is 2.35. The van der Waals surface area contributed by atoms with Gasteiger partial charge in [-0.3, -0.25) is 0 Å². The maximum atomic E-state index is 7.11. The van der Waals surface area contributed by atoms with E-state index in [-0.39, 0.29) is 38.9 Å². The molecule has 13 aromatic rings. The molecule has 0 amide bonds. The zero-order chi connectivity index (χ0) is 76.5. The number of hydrogen-bond acceptors (Lipinski definition) is 2. The van der Waals surface area contributed by atoms with Gasteiger partial charge < -0.3 is 9.15 Å². The lowest BCUT2D eigenvalue weighted by Crippen LogP contribution is -2.25. The Labute approximate surface area is 664 Å². The Hall–Kier alpha value is -10.5.